The molecule has 2 heterocycles. The first-order valence-corrected chi connectivity index (χ1v) is 12.1. The van der Waals surface area contributed by atoms with Crippen molar-refractivity contribution in [2.45, 2.75) is 26.4 Å². The number of carbonyl (C=O) groups excluding carboxylic acids is 2. The molecule has 1 fully saturated rings. The van der Waals surface area contributed by atoms with Crippen molar-refractivity contribution in [1.82, 2.24) is 9.88 Å². The number of benzene rings is 2. The van der Waals surface area contributed by atoms with Gasteiger partial charge in [0.15, 0.2) is 0 Å². The topological polar surface area (TPSA) is 83.0 Å². The molecule has 7 nitrogen and oxygen atoms in total. The molecule has 1 amide bonds. The van der Waals surface area contributed by atoms with Gasteiger partial charge in [0.1, 0.15) is 11.5 Å². The van der Waals surface area contributed by atoms with Crippen molar-refractivity contribution in [2.24, 2.45) is 0 Å². The molecule has 1 aliphatic rings. The van der Waals surface area contributed by atoms with Crippen molar-refractivity contribution in [3.8, 4) is 5.75 Å². The quantitative estimate of drug-likeness (QED) is 0.257. The summed E-state index contributed by atoms with van der Waals surface area (Å²) in [6.07, 6.45) is 1.64. The van der Waals surface area contributed by atoms with E-state index in [-0.39, 0.29) is 17.9 Å². The standard InChI is InChI=1S/C28H28ClN3O4/c1-4-31(5-2)21-12-9-18(10-13-21)25-24(26(33)19-11-14-22(29)23(16-19)36-3)27(34)28(35)32(25)17-20-8-6-7-15-30-20/h6-16,25,33H,4-5,17H2,1-3H3/b26-24-. The van der Waals surface area contributed by atoms with Crippen molar-refractivity contribution in [1.29, 1.82) is 0 Å². The molecule has 8 heteroatoms. The maximum Gasteiger partial charge on any atom is 0.296 e. The van der Waals surface area contributed by atoms with Crippen LogP contribution in [0.3, 0.4) is 0 Å². The molecular formula is C28H28ClN3O4. The molecule has 1 saturated heterocycles. The largest absolute Gasteiger partial charge is 0.507 e. The van der Waals surface area contributed by atoms with Gasteiger partial charge in [-0.3, -0.25) is 14.6 Å². The van der Waals surface area contributed by atoms with Crippen LogP contribution in [0.2, 0.25) is 5.02 Å². The van der Waals surface area contributed by atoms with Crippen LogP contribution < -0.4 is 9.64 Å². The minimum absolute atomic E-state index is 0.0101. The molecule has 186 valence electrons. The number of aliphatic hydroxyl groups excluding tert-OH is 1. The number of amides is 1. The number of hydrogen-bond donors (Lipinski definition) is 1. The first-order valence-electron chi connectivity index (χ1n) is 11.8. The van der Waals surface area contributed by atoms with Gasteiger partial charge in [-0.25, -0.2) is 0 Å². The van der Waals surface area contributed by atoms with Crippen LogP contribution in [0.1, 0.15) is 36.7 Å². The molecule has 0 saturated carbocycles. The predicted molar refractivity (Wildman–Crippen MR) is 140 cm³/mol. The van der Waals surface area contributed by atoms with E-state index >= 15 is 0 Å². The fourth-order valence-electron chi connectivity index (χ4n) is 4.47. The maximum absolute atomic E-state index is 13.3. The first-order chi connectivity index (χ1) is 17.4. The zero-order valence-electron chi connectivity index (χ0n) is 20.4. The van der Waals surface area contributed by atoms with Crippen LogP contribution in [-0.2, 0) is 16.1 Å². The summed E-state index contributed by atoms with van der Waals surface area (Å²) in [4.78, 5) is 34.5. The van der Waals surface area contributed by atoms with Crippen LogP contribution in [0, 0.1) is 0 Å². The van der Waals surface area contributed by atoms with E-state index in [4.69, 9.17) is 16.3 Å². The molecule has 0 spiro atoms. The second-order valence-electron chi connectivity index (χ2n) is 8.36. The minimum Gasteiger partial charge on any atom is -0.507 e. The lowest BCUT2D eigenvalue weighted by atomic mass is 9.95. The zero-order valence-corrected chi connectivity index (χ0v) is 21.2. The monoisotopic (exact) mass is 505 g/mol. The minimum atomic E-state index is -0.792. The highest BCUT2D eigenvalue weighted by molar-refractivity contribution is 6.46. The number of halogens is 1. The van der Waals surface area contributed by atoms with E-state index in [0.29, 0.717) is 27.6 Å². The van der Waals surface area contributed by atoms with Crippen LogP contribution in [0.25, 0.3) is 5.76 Å². The van der Waals surface area contributed by atoms with Crippen LogP contribution >= 0.6 is 11.6 Å². The molecule has 3 aromatic rings. The summed E-state index contributed by atoms with van der Waals surface area (Å²) in [5.74, 6) is -1.38. The smallest absolute Gasteiger partial charge is 0.296 e. The lowest BCUT2D eigenvalue weighted by Gasteiger charge is -2.26. The molecule has 1 atom stereocenters. The third-order valence-electron chi connectivity index (χ3n) is 6.36. The predicted octanol–water partition coefficient (Wildman–Crippen LogP) is 5.21. The van der Waals surface area contributed by atoms with Gasteiger partial charge in [0, 0.05) is 30.5 Å². The Balaban J connectivity index is 1.85. The Morgan fingerprint density at radius 2 is 1.81 bits per heavy atom. The number of ether oxygens (including phenoxy) is 1. The number of carbonyl (C=O) groups is 2. The average molecular weight is 506 g/mol. The van der Waals surface area contributed by atoms with E-state index in [9.17, 15) is 14.7 Å². The molecule has 36 heavy (non-hydrogen) atoms. The molecule has 1 unspecified atom stereocenters. The van der Waals surface area contributed by atoms with Gasteiger partial charge in [-0.15, -0.1) is 0 Å². The summed E-state index contributed by atoms with van der Waals surface area (Å²) in [5, 5.41) is 11.7. The second kappa shape index (κ2) is 10.8. The van der Waals surface area contributed by atoms with Gasteiger partial charge < -0.3 is 19.6 Å². The van der Waals surface area contributed by atoms with E-state index in [2.05, 4.69) is 23.7 Å². The van der Waals surface area contributed by atoms with E-state index in [1.54, 1.807) is 36.5 Å². The van der Waals surface area contributed by atoms with Crippen LogP contribution in [0.4, 0.5) is 5.69 Å². The Kier molecular flexibility index (Phi) is 7.60. The number of hydrogen-bond acceptors (Lipinski definition) is 6. The van der Waals surface area contributed by atoms with Crippen LogP contribution in [-0.4, -0.2) is 46.9 Å². The molecule has 1 N–H and O–H groups in total. The number of anilines is 1. The fourth-order valence-corrected chi connectivity index (χ4v) is 4.67. The van der Waals surface area contributed by atoms with Gasteiger partial charge in [-0.2, -0.15) is 0 Å². The lowest BCUT2D eigenvalue weighted by Crippen LogP contribution is -2.29. The SMILES string of the molecule is CCN(CC)c1ccc(C2/C(=C(/O)c3ccc(Cl)c(OC)c3)C(=O)C(=O)N2Cc2ccccn2)cc1. The first kappa shape index (κ1) is 25.3. The number of rotatable bonds is 8. The zero-order chi connectivity index (χ0) is 25.8. The van der Waals surface area contributed by atoms with E-state index in [1.807, 2.05) is 30.3 Å². The number of likely N-dealkylation sites (tertiary alicyclic amines) is 1. The number of methoxy groups -OCH3 is 1. The van der Waals surface area contributed by atoms with Crippen molar-refractivity contribution in [2.75, 3.05) is 25.1 Å². The number of aliphatic hydroxyl groups is 1. The third-order valence-corrected chi connectivity index (χ3v) is 6.67. The van der Waals surface area contributed by atoms with Gasteiger partial charge in [-0.05, 0) is 61.9 Å². The summed E-state index contributed by atoms with van der Waals surface area (Å²) < 4.78 is 5.27. The van der Waals surface area contributed by atoms with Gasteiger partial charge in [-0.1, -0.05) is 29.8 Å². The van der Waals surface area contributed by atoms with Crippen molar-refractivity contribution in [3.05, 3.63) is 94.3 Å². The number of nitrogens with zero attached hydrogens (tertiary/aromatic N) is 3. The van der Waals surface area contributed by atoms with Crippen molar-refractivity contribution >= 4 is 34.7 Å². The number of pyridine rings is 1. The summed E-state index contributed by atoms with van der Waals surface area (Å²) in [6, 6.07) is 17.1. The number of aromatic nitrogens is 1. The van der Waals surface area contributed by atoms with Crippen molar-refractivity contribution < 1.29 is 19.4 Å². The molecule has 0 bridgehead atoms. The summed E-state index contributed by atoms with van der Waals surface area (Å²) in [6.45, 7) is 5.99. The summed E-state index contributed by atoms with van der Waals surface area (Å²) >= 11 is 6.15. The van der Waals surface area contributed by atoms with Gasteiger partial charge in [0.2, 0.25) is 0 Å². The summed E-state index contributed by atoms with van der Waals surface area (Å²) in [5.41, 5.74) is 2.72. The second-order valence-corrected chi connectivity index (χ2v) is 8.77. The number of ketones is 1. The highest BCUT2D eigenvalue weighted by Gasteiger charge is 2.46. The molecule has 2 aromatic carbocycles. The molecule has 4 rings (SSSR count). The van der Waals surface area contributed by atoms with E-state index in [1.165, 1.54) is 12.0 Å². The van der Waals surface area contributed by atoms with Crippen molar-refractivity contribution in [3.63, 3.8) is 0 Å². The molecular weight excluding hydrogens is 478 g/mol. The fraction of sp³-hybridized carbons (Fsp3) is 0.250. The number of Topliss-reactive ketones (excluding diaryl/α,β-unsaturated/α-hetero) is 1. The Hall–Kier alpha value is -3.84. The van der Waals surface area contributed by atoms with Gasteiger partial charge in [0.05, 0.1) is 36.0 Å². The van der Waals surface area contributed by atoms with E-state index < -0.39 is 17.7 Å². The summed E-state index contributed by atoms with van der Waals surface area (Å²) in [7, 11) is 1.47. The third kappa shape index (κ3) is 4.79. The molecule has 1 aromatic heterocycles. The van der Waals surface area contributed by atoms with E-state index in [0.717, 1.165) is 18.8 Å². The molecule has 0 aliphatic carbocycles. The lowest BCUT2D eigenvalue weighted by molar-refractivity contribution is -0.140. The highest BCUT2D eigenvalue weighted by Crippen LogP contribution is 2.41. The maximum atomic E-state index is 13.3. The van der Waals surface area contributed by atoms with Crippen LogP contribution in [0.15, 0.2) is 72.4 Å². The Morgan fingerprint density at radius 3 is 2.42 bits per heavy atom. The van der Waals surface area contributed by atoms with Gasteiger partial charge >= 0.3 is 0 Å². The van der Waals surface area contributed by atoms with Gasteiger partial charge in [0.25, 0.3) is 11.7 Å². The Labute approximate surface area is 215 Å². The highest BCUT2D eigenvalue weighted by atomic mass is 35.5. The Bertz CT molecular complexity index is 1290. The average Bonchev–Trinajstić information content (AvgIpc) is 3.15. The molecule has 0 radical (unpaired) electrons. The molecule has 1 aliphatic heterocycles. The normalized spacial score (nSPS) is 16.9. The Morgan fingerprint density at radius 1 is 1.08 bits per heavy atom. The van der Waals surface area contributed by atoms with Crippen LogP contribution in [0.5, 0.6) is 5.75 Å².